The minimum Gasteiger partial charge on any atom is -0.481 e. The summed E-state index contributed by atoms with van der Waals surface area (Å²) in [5.41, 5.74) is 1.15. The number of ether oxygens (including phenoxy) is 2. The van der Waals surface area contributed by atoms with Crippen LogP contribution in [0.15, 0.2) is 12.1 Å². The predicted molar refractivity (Wildman–Crippen MR) is 77.2 cm³/mol. The molecule has 0 aliphatic carbocycles. The lowest BCUT2D eigenvalue weighted by atomic mass is 9.87. The third-order valence-corrected chi connectivity index (χ3v) is 4.54. The molecule has 1 aromatic heterocycles. The fourth-order valence-electron chi connectivity index (χ4n) is 3.35. The highest BCUT2D eigenvalue weighted by atomic mass is 16.5. The molecule has 3 aliphatic heterocycles. The zero-order valence-corrected chi connectivity index (χ0v) is 12.5. The van der Waals surface area contributed by atoms with E-state index in [0.29, 0.717) is 23.8 Å². The molecule has 4 rings (SSSR count). The van der Waals surface area contributed by atoms with Gasteiger partial charge in [-0.25, -0.2) is 0 Å². The lowest BCUT2D eigenvalue weighted by Gasteiger charge is -2.56. The Bertz CT molecular complexity index is 468. The van der Waals surface area contributed by atoms with Crippen LogP contribution in [-0.2, 0) is 6.54 Å². The molecule has 0 saturated carbocycles. The summed E-state index contributed by atoms with van der Waals surface area (Å²) >= 11 is 0. The molecule has 3 fully saturated rings. The maximum absolute atomic E-state index is 5.39. The van der Waals surface area contributed by atoms with Gasteiger partial charge in [-0.2, -0.15) is 4.98 Å². The standard InChI is InChI=1S/C15H23N3O2/c1-4-17-9-12-7-13(10-17)18(12)8-11-5-6-14(19-2)16-15(11)20-3/h5-6,12-13H,4,7-10H2,1-3H3. The van der Waals surface area contributed by atoms with E-state index in [0.717, 1.165) is 18.7 Å². The summed E-state index contributed by atoms with van der Waals surface area (Å²) in [6.07, 6.45) is 1.34. The maximum Gasteiger partial charge on any atom is 0.220 e. The van der Waals surface area contributed by atoms with E-state index in [9.17, 15) is 0 Å². The Hall–Kier alpha value is -1.33. The number of nitrogens with zero attached hydrogens (tertiary/aromatic N) is 3. The Balaban J connectivity index is 1.70. The van der Waals surface area contributed by atoms with Crippen molar-refractivity contribution in [3.05, 3.63) is 17.7 Å². The minimum atomic E-state index is 0.603. The first-order chi connectivity index (χ1) is 9.75. The molecule has 2 bridgehead atoms. The molecule has 3 aliphatic rings. The molecule has 2 unspecified atom stereocenters. The average molecular weight is 277 g/mol. The Labute approximate surface area is 120 Å². The van der Waals surface area contributed by atoms with Crippen molar-refractivity contribution >= 4 is 0 Å². The Morgan fingerprint density at radius 1 is 1.20 bits per heavy atom. The quantitative estimate of drug-likeness (QED) is 0.813. The van der Waals surface area contributed by atoms with Crippen molar-refractivity contribution in [2.75, 3.05) is 33.9 Å². The van der Waals surface area contributed by atoms with Crippen molar-refractivity contribution in [1.29, 1.82) is 0 Å². The van der Waals surface area contributed by atoms with Gasteiger partial charge in [-0.05, 0) is 19.0 Å². The van der Waals surface area contributed by atoms with Crippen LogP contribution < -0.4 is 9.47 Å². The van der Waals surface area contributed by atoms with E-state index < -0.39 is 0 Å². The number of piperidine rings is 1. The third kappa shape index (κ3) is 2.36. The summed E-state index contributed by atoms with van der Waals surface area (Å²) in [5.74, 6) is 1.29. The molecule has 4 heterocycles. The number of likely N-dealkylation sites (N-methyl/N-ethyl adjacent to an activating group) is 1. The molecule has 110 valence electrons. The van der Waals surface area contributed by atoms with Gasteiger partial charge in [0.15, 0.2) is 0 Å². The van der Waals surface area contributed by atoms with Crippen LogP contribution in [0.2, 0.25) is 0 Å². The van der Waals surface area contributed by atoms with E-state index in [4.69, 9.17) is 9.47 Å². The fourth-order valence-corrected chi connectivity index (χ4v) is 3.35. The molecule has 5 nitrogen and oxygen atoms in total. The van der Waals surface area contributed by atoms with Gasteiger partial charge in [-0.3, -0.25) is 4.90 Å². The Morgan fingerprint density at radius 2 is 1.95 bits per heavy atom. The molecule has 20 heavy (non-hydrogen) atoms. The smallest absolute Gasteiger partial charge is 0.220 e. The average Bonchev–Trinajstić information content (AvgIpc) is 2.52. The summed E-state index contributed by atoms with van der Waals surface area (Å²) in [6.45, 7) is 6.71. The van der Waals surface area contributed by atoms with Crippen LogP contribution in [-0.4, -0.2) is 60.7 Å². The zero-order valence-electron chi connectivity index (χ0n) is 12.5. The van der Waals surface area contributed by atoms with E-state index in [-0.39, 0.29) is 0 Å². The third-order valence-electron chi connectivity index (χ3n) is 4.54. The Kier molecular flexibility index (Phi) is 3.81. The predicted octanol–water partition coefficient (Wildman–Crippen LogP) is 1.38. The monoisotopic (exact) mass is 277 g/mol. The van der Waals surface area contributed by atoms with Crippen LogP contribution in [0.25, 0.3) is 0 Å². The van der Waals surface area contributed by atoms with Gasteiger partial charge in [0.2, 0.25) is 11.8 Å². The lowest BCUT2D eigenvalue weighted by Crippen LogP contribution is -2.67. The maximum atomic E-state index is 5.39. The zero-order chi connectivity index (χ0) is 14.1. The van der Waals surface area contributed by atoms with Crippen LogP contribution in [0.4, 0.5) is 0 Å². The van der Waals surface area contributed by atoms with Crippen molar-refractivity contribution in [3.63, 3.8) is 0 Å². The second-order valence-electron chi connectivity index (χ2n) is 5.59. The van der Waals surface area contributed by atoms with Crippen molar-refractivity contribution in [2.24, 2.45) is 0 Å². The van der Waals surface area contributed by atoms with Crippen molar-refractivity contribution in [3.8, 4) is 11.8 Å². The van der Waals surface area contributed by atoms with Gasteiger partial charge in [0, 0.05) is 43.3 Å². The van der Waals surface area contributed by atoms with Crippen LogP contribution in [0.1, 0.15) is 18.9 Å². The highest BCUT2D eigenvalue weighted by Gasteiger charge is 2.44. The highest BCUT2D eigenvalue weighted by Crippen LogP contribution is 2.35. The van der Waals surface area contributed by atoms with E-state index >= 15 is 0 Å². The van der Waals surface area contributed by atoms with Crippen LogP contribution in [0, 0.1) is 0 Å². The fraction of sp³-hybridized carbons (Fsp3) is 0.667. The number of rotatable bonds is 5. The second-order valence-corrected chi connectivity index (χ2v) is 5.59. The van der Waals surface area contributed by atoms with Crippen molar-refractivity contribution < 1.29 is 9.47 Å². The van der Waals surface area contributed by atoms with Gasteiger partial charge in [0.05, 0.1) is 14.2 Å². The number of methoxy groups -OCH3 is 2. The van der Waals surface area contributed by atoms with Gasteiger partial charge in [-0.15, -0.1) is 0 Å². The first kappa shape index (κ1) is 13.6. The molecular weight excluding hydrogens is 254 g/mol. The van der Waals surface area contributed by atoms with Gasteiger partial charge in [0.25, 0.3) is 0 Å². The lowest BCUT2D eigenvalue weighted by molar-refractivity contribution is -0.0735. The molecule has 0 spiro atoms. The summed E-state index contributed by atoms with van der Waals surface area (Å²) in [5, 5.41) is 0. The molecule has 2 atom stereocenters. The molecule has 1 aromatic rings. The van der Waals surface area contributed by atoms with E-state index in [1.165, 1.54) is 19.5 Å². The van der Waals surface area contributed by atoms with Crippen molar-refractivity contribution in [2.45, 2.75) is 32.0 Å². The number of hydrogen-bond donors (Lipinski definition) is 0. The van der Waals surface area contributed by atoms with Crippen LogP contribution in [0.5, 0.6) is 11.8 Å². The Morgan fingerprint density at radius 3 is 2.55 bits per heavy atom. The van der Waals surface area contributed by atoms with Gasteiger partial charge in [-0.1, -0.05) is 6.92 Å². The van der Waals surface area contributed by atoms with Crippen LogP contribution in [0.3, 0.4) is 0 Å². The van der Waals surface area contributed by atoms with Gasteiger partial charge >= 0.3 is 0 Å². The summed E-state index contributed by atoms with van der Waals surface area (Å²) in [7, 11) is 3.29. The second kappa shape index (κ2) is 5.58. The molecule has 0 aromatic carbocycles. The van der Waals surface area contributed by atoms with E-state index in [2.05, 4.69) is 27.8 Å². The van der Waals surface area contributed by atoms with E-state index in [1.807, 2.05) is 6.07 Å². The topological polar surface area (TPSA) is 37.8 Å². The SMILES string of the molecule is CCN1CC2CC(C1)N2Cc1ccc(OC)nc1OC. The minimum absolute atomic E-state index is 0.603. The van der Waals surface area contributed by atoms with Gasteiger partial charge < -0.3 is 14.4 Å². The van der Waals surface area contributed by atoms with Gasteiger partial charge in [0.1, 0.15) is 0 Å². The molecule has 0 radical (unpaired) electrons. The first-order valence-corrected chi connectivity index (χ1v) is 7.31. The summed E-state index contributed by atoms with van der Waals surface area (Å²) < 4.78 is 10.5. The number of aromatic nitrogens is 1. The summed E-state index contributed by atoms with van der Waals surface area (Å²) in [6, 6.07) is 5.36. The van der Waals surface area contributed by atoms with E-state index in [1.54, 1.807) is 14.2 Å². The summed E-state index contributed by atoms with van der Waals surface area (Å²) in [4.78, 5) is 9.49. The number of piperazine rings is 1. The molecule has 0 amide bonds. The largest absolute Gasteiger partial charge is 0.481 e. The molecule has 3 saturated heterocycles. The first-order valence-electron chi connectivity index (χ1n) is 7.31. The highest BCUT2D eigenvalue weighted by molar-refractivity contribution is 5.31. The number of fused-ring (bicyclic) bond motifs is 2. The number of hydrogen-bond acceptors (Lipinski definition) is 5. The number of pyridine rings is 1. The molecular formula is C15H23N3O2. The van der Waals surface area contributed by atoms with Crippen molar-refractivity contribution in [1.82, 2.24) is 14.8 Å². The molecule has 0 N–H and O–H groups in total. The normalized spacial score (nSPS) is 26.1. The van der Waals surface area contributed by atoms with Crippen LogP contribution >= 0.6 is 0 Å². The molecule has 5 heteroatoms.